The van der Waals surface area contributed by atoms with Gasteiger partial charge in [0.1, 0.15) is 5.75 Å². The van der Waals surface area contributed by atoms with Gasteiger partial charge in [-0.1, -0.05) is 6.92 Å². The molecule has 1 aliphatic carbocycles. The quantitative estimate of drug-likeness (QED) is 0.867. The standard InChI is InChI=1S/C14H20BrNO2/c1-3-6-16(9-10-4-5-10)13-8-11(18-2)7-12(15)14(13)17/h7-8,10,17H,3-6,9H2,1-2H3. The molecule has 100 valence electrons. The summed E-state index contributed by atoms with van der Waals surface area (Å²) in [5.74, 6) is 1.87. The third-order valence-electron chi connectivity index (χ3n) is 3.26. The van der Waals surface area contributed by atoms with Gasteiger partial charge in [-0.25, -0.2) is 0 Å². The van der Waals surface area contributed by atoms with E-state index in [2.05, 4.69) is 27.8 Å². The highest BCUT2D eigenvalue weighted by Crippen LogP contribution is 2.40. The monoisotopic (exact) mass is 313 g/mol. The minimum atomic E-state index is 0.310. The number of aromatic hydroxyl groups is 1. The zero-order valence-electron chi connectivity index (χ0n) is 10.9. The summed E-state index contributed by atoms with van der Waals surface area (Å²) in [5, 5.41) is 10.2. The third-order valence-corrected chi connectivity index (χ3v) is 3.87. The summed E-state index contributed by atoms with van der Waals surface area (Å²) in [6.45, 7) is 4.15. The van der Waals surface area contributed by atoms with E-state index in [-0.39, 0.29) is 0 Å². The molecule has 0 radical (unpaired) electrons. The van der Waals surface area contributed by atoms with Crippen LogP contribution in [-0.4, -0.2) is 25.3 Å². The molecule has 0 bridgehead atoms. The fourth-order valence-electron chi connectivity index (χ4n) is 2.11. The lowest BCUT2D eigenvalue weighted by molar-refractivity contribution is 0.411. The van der Waals surface area contributed by atoms with Gasteiger partial charge in [0.15, 0.2) is 5.75 Å². The SMILES string of the molecule is CCCN(CC1CC1)c1cc(OC)cc(Br)c1O. The second kappa shape index (κ2) is 5.83. The van der Waals surface area contributed by atoms with E-state index in [0.717, 1.165) is 36.9 Å². The number of phenols is 1. The van der Waals surface area contributed by atoms with Crippen LogP contribution in [-0.2, 0) is 0 Å². The molecular formula is C14H20BrNO2. The molecule has 0 unspecified atom stereocenters. The fraction of sp³-hybridized carbons (Fsp3) is 0.571. The molecule has 0 heterocycles. The summed E-state index contributed by atoms with van der Waals surface area (Å²) >= 11 is 3.38. The highest BCUT2D eigenvalue weighted by atomic mass is 79.9. The predicted molar refractivity (Wildman–Crippen MR) is 77.6 cm³/mol. The van der Waals surface area contributed by atoms with Gasteiger partial charge in [0.25, 0.3) is 0 Å². The van der Waals surface area contributed by atoms with Gasteiger partial charge < -0.3 is 14.7 Å². The van der Waals surface area contributed by atoms with Gasteiger partial charge in [0, 0.05) is 19.2 Å². The van der Waals surface area contributed by atoms with E-state index in [1.807, 2.05) is 6.07 Å². The molecule has 4 heteroatoms. The Morgan fingerprint density at radius 2 is 2.17 bits per heavy atom. The third kappa shape index (κ3) is 3.10. The van der Waals surface area contributed by atoms with Gasteiger partial charge in [0.2, 0.25) is 0 Å². The Morgan fingerprint density at radius 3 is 2.72 bits per heavy atom. The highest BCUT2D eigenvalue weighted by Gasteiger charge is 2.26. The minimum absolute atomic E-state index is 0.310. The molecular weight excluding hydrogens is 294 g/mol. The van der Waals surface area contributed by atoms with Crippen molar-refractivity contribution in [2.45, 2.75) is 26.2 Å². The van der Waals surface area contributed by atoms with Crippen LogP contribution in [0.15, 0.2) is 16.6 Å². The van der Waals surface area contributed by atoms with Crippen LogP contribution in [0.3, 0.4) is 0 Å². The van der Waals surface area contributed by atoms with Crippen molar-refractivity contribution in [2.24, 2.45) is 5.92 Å². The van der Waals surface area contributed by atoms with Gasteiger partial charge in [-0.05, 0) is 47.2 Å². The normalized spacial score (nSPS) is 14.6. The van der Waals surface area contributed by atoms with Crippen molar-refractivity contribution in [1.82, 2.24) is 0 Å². The number of phenolic OH excluding ortho intramolecular Hbond substituents is 1. The number of hydrogen-bond acceptors (Lipinski definition) is 3. The molecule has 0 spiro atoms. The van der Waals surface area contributed by atoms with E-state index in [1.165, 1.54) is 12.8 Å². The first-order valence-corrected chi connectivity index (χ1v) is 7.26. The van der Waals surface area contributed by atoms with Crippen LogP contribution < -0.4 is 9.64 Å². The molecule has 1 aliphatic rings. The van der Waals surface area contributed by atoms with Crippen molar-refractivity contribution in [3.05, 3.63) is 16.6 Å². The van der Waals surface area contributed by atoms with Gasteiger partial charge in [-0.3, -0.25) is 0 Å². The van der Waals surface area contributed by atoms with Crippen LogP contribution >= 0.6 is 15.9 Å². The Labute approximate surface area is 117 Å². The second-order valence-corrected chi connectivity index (χ2v) is 5.72. The molecule has 1 fully saturated rings. The first kappa shape index (κ1) is 13.5. The van der Waals surface area contributed by atoms with Crippen LogP contribution in [0.1, 0.15) is 26.2 Å². The maximum absolute atomic E-state index is 10.2. The molecule has 0 aliphatic heterocycles. The fourth-order valence-corrected chi connectivity index (χ4v) is 2.54. The van der Waals surface area contributed by atoms with Crippen molar-refractivity contribution < 1.29 is 9.84 Å². The van der Waals surface area contributed by atoms with E-state index in [9.17, 15) is 5.11 Å². The Morgan fingerprint density at radius 1 is 1.44 bits per heavy atom. The molecule has 3 nitrogen and oxygen atoms in total. The molecule has 2 rings (SSSR count). The van der Waals surface area contributed by atoms with Crippen LogP contribution in [0.2, 0.25) is 0 Å². The second-order valence-electron chi connectivity index (χ2n) is 4.87. The molecule has 1 aromatic rings. The lowest BCUT2D eigenvalue weighted by Crippen LogP contribution is -2.26. The van der Waals surface area contributed by atoms with E-state index in [4.69, 9.17) is 4.74 Å². The lowest BCUT2D eigenvalue weighted by atomic mass is 10.2. The van der Waals surface area contributed by atoms with E-state index < -0.39 is 0 Å². The number of hydrogen-bond donors (Lipinski definition) is 1. The molecule has 0 amide bonds. The maximum Gasteiger partial charge on any atom is 0.153 e. The molecule has 1 saturated carbocycles. The smallest absolute Gasteiger partial charge is 0.153 e. The zero-order valence-corrected chi connectivity index (χ0v) is 12.5. The predicted octanol–water partition coefficient (Wildman–Crippen LogP) is 3.79. The average molecular weight is 314 g/mol. The number of anilines is 1. The van der Waals surface area contributed by atoms with Crippen LogP contribution in [0, 0.1) is 5.92 Å². The number of ether oxygens (including phenoxy) is 1. The molecule has 0 saturated heterocycles. The number of benzene rings is 1. The molecule has 0 atom stereocenters. The Kier molecular flexibility index (Phi) is 4.38. The Bertz CT molecular complexity index is 419. The molecule has 1 aromatic carbocycles. The number of halogens is 1. The summed E-state index contributed by atoms with van der Waals surface area (Å²) in [6, 6.07) is 3.71. The number of nitrogens with zero attached hydrogens (tertiary/aromatic N) is 1. The van der Waals surface area contributed by atoms with Crippen LogP contribution in [0.25, 0.3) is 0 Å². The highest BCUT2D eigenvalue weighted by molar-refractivity contribution is 9.10. The van der Waals surface area contributed by atoms with Gasteiger partial charge >= 0.3 is 0 Å². The maximum atomic E-state index is 10.2. The largest absolute Gasteiger partial charge is 0.505 e. The van der Waals surface area contributed by atoms with Gasteiger partial charge in [-0.15, -0.1) is 0 Å². The summed E-state index contributed by atoms with van der Waals surface area (Å²) < 4.78 is 5.96. The van der Waals surface area contributed by atoms with Crippen molar-refractivity contribution in [3.63, 3.8) is 0 Å². The van der Waals surface area contributed by atoms with Crippen molar-refractivity contribution in [3.8, 4) is 11.5 Å². The van der Waals surface area contributed by atoms with Gasteiger partial charge in [-0.2, -0.15) is 0 Å². The summed E-state index contributed by atoms with van der Waals surface area (Å²) in [4.78, 5) is 2.26. The Balaban J connectivity index is 2.28. The van der Waals surface area contributed by atoms with Gasteiger partial charge in [0.05, 0.1) is 17.3 Å². The van der Waals surface area contributed by atoms with Crippen molar-refractivity contribution >= 4 is 21.6 Å². The van der Waals surface area contributed by atoms with E-state index >= 15 is 0 Å². The van der Waals surface area contributed by atoms with Crippen molar-refractivity contribution in [1.29, 1.82) is 0 Å². The van der Waals surface area contributed by atoms with E-state index in [0.29, 0.717) is 10.2 Å². The average Bonchev–Trinajstić information content (AvgIpc) is 3.16. The van der Waals surface area contributed by atoms with Crippen molar-refractivity contribution in [2.75, 3.05) is 25.1 Å². The Hall–Kier alpha value is -0.900. The molecule has 18 heavy (non-hydrogen) atoms. The first-order chi connectivity index (χ1) is 8.65. The topological polar surface area (TPSA) is 32.7 Å². The molecule has 1 N–H and O–H groups in total. The first-order valence-electron chi connectivity index (χ1n) is 6.47. The number of methoxy groups -OCH3 is 1. The zero-order chi connectivity index (χ0) is 13.1. The summed E-state index contributed by atoms with van der Waals surface area (Å²) in [6.07, 6.45) is 3.69. The summed E-state index contributed by atoms with van der Waals surface area (Å²) in [5.41, 5.74) is 0.870. The minimum Gasteiger partial charge on any atom is -0.505 e. The van der Waals surface area contributed by atoms with Crippen LogP contribution in [0.4, 0.5) is 5.69 Å². The van der Waals surface area contributed by atoms with E-state index in [1.54, 1.807) is 13.2 Å². The summed E-state index contributed by atoms with van der Waals surface area (Å²) in [7, 11) is 1.65. The number of rotatable bonds is 6. The van der Waals surface area contributed by atoms with Crippen LogP contribution in [0.5, 0.6) is 11.5 Å². The lowest BCUT2D eigenvalue weighted by Gasteiger charge is -2.26. The molecule has 0 aromatic heterocycles.